The molecule has 0 aromatic carbocycles. The minimum atomic E-state index is 0.520. The van der Waals surface area contributed by atoms with Crippen molar-refractivity contribution in [1.82, 2.24) is 15.3 Å². The van der Waals surface area contributed by atoms with Crippen molar-refractivity contribution in [3.8, 4) is 0 Å². The van der Waals surface area contributed by atoms with E-state index in [1.54, 1.807) is 0 Å². The van der Waals surface area contributed by atoms with Crippen molar-refractivity contribution in [2.45, 2.75) is 25.3 Å². The van der Waals surface area contributed by atoms with Gasteiger partial charge in [0.1, 0.15) is 0 Å². The Balaban J connectivity index is 1.99. The summed E-state index contributed by atoms with van der Waals surface area (Å²) in [6, 6.07) is 0.520. The standard InChI is InChI=1S/C9H12BrN3/c10-9-12-6-3-4-11-7(5-1-2-5)8(6)13-9/h5,7,11H,1-4H2,(H,12,13). The fourth-order valence-corrected chi connectivity index (χ4v) is 2.54. The fraction of sp³-hybridized carbons (Fsp3) is 0.667. The molecule has 3 nitrogen and oxygen atoms in total. The minimum Gasteiger partial charge on any atom is -0.336 e. The summed E-state index contributed by atoms with van der Waals surface area (Å²) in [5.41, 5.74) is 2.57. The molecule has 1 aromatic rings. The van der Waals surface area contributed by atoms with Gasteiger partial charge in [0.05, 0.1) is 11.7 Å². The Labute approximate surface area is 85.5 Å². The van der Waals surface area contributed by atoms with E-state index < -0.39 is 0 Å². The summed E-state index contributed by atoms with van der Waals surface area (Å²) in [5.74, 6) is 0.842. The molecule has 1 aliphatic heterocycles. The van der Waals surface area contributed by atoms with Crippen LogP contribution in [0.25, 0.3) is 0 Å². The second kappa shape index (κ2) is 2.82. The third kappa shape index (κ3) is 1.32. The third-order valence-corrected chi connectivity index (χ3v) is 3.28. The highest BCUT2D eigenvalue weighted by atomic mass is 79.9. The maximum atomic E-state index is 4.49. The number of hydrogen-bond acceptors (Lipinski definition) is 2. The second-order valence-corrected chi connectivity index (χ2v) is 4.66. The molecule has 1 aromatic heterocycles. The quantitative estimate of drug-likeness (QED) is 0.787. The smallest absolute Gasteiger partial charge is 0.174 e. The maximum Gasteiger partial charge on any atom is 0.174 e. The van der Waals surface area contributed by atoms with Crippen LogP contribution in [0.3, 0.4) is 0 Å². The first-order valence-electron chi connectivity index (χ1n) is 4.82. The molecule has 1 aliphatic carbocycles. The molecule has 0 amide bonds. The van der Waals surface area contributed by atoms with Crippen LogP contribution in [0.2, 0.25) is 0 Å². The van der Waals surface area contributed by atoms with Crippen molar-refractivity contribution in [3.05, 3.63) is 16.1 Å². The van der Waals surface area contributed by atoms with Gasteiger partial charge in [-0.3, -0.25) is 0 Å². The van der Waals surface area contributed by atoms with Gasteiger partial charge < -0.3 is 10.3 Å². The van der Waals surface area contributed by atoms with E-state index in [-0.39, 0.29) is 0 Å². The van der Waals surface area contributed by atoms with Gasteiger partial charge in [0.15, 0.2) is 4.73 Å². The number of rotatable bonds is 1. The molecule has 1 fully saturated rings. The number of fused-ring (bicyclic) bond motifs is 1. The molecule has 0 radical (unpaired) electrons. The molecule has 2 N–H and O–H groups in total. The number of H-pyrrole nitrogens is 1. The SMILES string of the molecule is Brc1nc2c([nH]1)CCNC2C1CC1. The van der Waals surface area contributed by atoms with Crippen LogP contribution < -0.4 is 5.32 Å². The molecule has 4 heteroatoms. The second-order valence-electron chi connectivity index (χ2n) is 3.91. The Morgan fingerprint density at radius 1 is 1.38 bits per heavy atom. The highest BCUT2D eigenvalue weighted by Gasteiger charge is 2.36. The van der Waals surface area contributed by atoms with Crippen molar-refractivity contribution in [2.24, 2.45) is 5.92 Å². The topological polar surface area (TPSA) is 40.7 Å². The number of hydrogen-bond donors (Lipinski definition) is 2. The number of aromatic amines is 1. The summed E-state index contributed by atoms with van der Waals surface area (Å²) in [6.45, 7) is 1.09. The van der Waals surface area contributed by atoms with Crippen LogP contribution in [0.15, 0.2) is 4.73 Å². The summed E-state index contributed by atoms with van der Waals surface area (Å²) < 4.78 is 0.881. The summed E-state index contributed by atoms with van der Waals surface area (Å²) >= 11 is 3.39. The molecule has 2 heterocycles. The lowest BCUT2D eigenvalue weighted by molar-refractivity contribution is 0.447. The molecule has 0 spiro atoms. The van der Waals surface area contributed by atoms with Gasteiger partial charge in [0.25, 0.3) is 0 Å². The molecule has 1 atom stereocenters. The van der Waals surface area contributed by atoms with E-state index in [0.29, 0.717) is 6.04 Å². The van der Waals surface area contributed by atoms with Crippen LogP contribution in [0.1, 0.15) is 30.3 Å². The van der Waals surface area contributed by atoms with E-state index >= 15 is 0 Å². The van der Waals surface area contributed by atoms with Crippen molar-refractivity contribution in [2.75, 3.05) is 6.54 Å². The molecule has 3 rings (SSSR count). The number of nitrogens with zero attached hydrogens (tertiary/aromatic N) is 1. The predicted molar refractivity (Wildman–Crippen MR) is 53.5 cm³/mol. The molecular weight excluding hydrogens is 230 g/mol. The Hall–Kier alpha value is -0.350. The zero-order chi connectivity index (χ0) is 8.84. The average Bonchev–Trinajstić information content (AvgIpc) is 2.86. The van der Waals surface area contributed by atoms with Gasteiger partial charge >= 0.3 is 0 Å². The molecule has 0 bridgehead atoms. The molecular formula is C9H12BrN3. The van der Waals surface area contributed by atoms with E-state index in [9.17, 15) is 0 Å². The molecule has 1 unspecified atom stereocenters. The molecule has 2 aliphatic rings. The number of imidazole rings is 1. The van der Waals surface area contributed by atoms with Crippen LogP contribution in [-0.4, -0.2) is 16.5 Å². The normalized spacial score (nSPS) is 27.3. The van der Waals surface area contributed by atoms with Gasteiger partial charge in [-0.05, 0) is 34.7 Å². The van der Waals surface area contributed by atoms with Gasteiger partial charge in [-0.25, -0.2) is 4.98 Å². The lowest BCUT2D eigenvalue weighted by atomic mass is 10.0. The number of aromatic nitrogens is 2. The lowest BCUT2D eigenvalue weighted by Gasteiger charge is -2.22. The van der Waals surface area contributed by atoms with Crippen LogP contribution in [0, 0.1) is 5.92 Å². The number of nitrogens with one attached hydrogen (secondary N) is 2. The van der Waals surface area contributed by atoms with Crippen molar-refractivity contribution < 1.29 is 0 Å². The van der Waals surface area contributed by atoms with Gasteiger partial charge in [-0.15, -0.1) is 0 Å². The molecule has 70 valence electrons. The van der Waals surface area contributed by atoms with Crippen molar-refractivity contribution >= 4 is 15.9 Å². The monoisotopic (exact) mass is 241 g/mol. The zero-order valence-electron chi connectivity index (χ0n) is 7.31. The van der Waals surface area contributed by atoms with E-state index in [0.717, 1.165) is 23.6 Å². The van der Waals surface area contributed by atoms with E-state index in [4.69, 9.17) is 0 Å². The first-order valence-corrected chi connectivity index (χ1v) is 5.61. The van der Waals surface area contributed by atoms with E-state index in [2.05, 4.69) is 31.2 Å². The highest BCUT2D eigenvalue weighted by Crippen LogP contribution is 2.42. The zero-order valence-corrected chi connectivity index (χ0v) is 8.89. The first kappa shape index (κ1) is 8.00. The van der Waals surface area contributed by atoms with Gasteiger partial charge in [-0.2, -0.15) is 0 Å². The van der Waals surface area contributed by atoms with E-state index in [1.165, 1.54) is 24.2 Å². The Kier molecular flexibility index (Phi) is 1.73. The summed E-state index contributed by atoms with van der Waals surface area (Å²) in [7, 11) is 0. The Morgan fingerprint density at radius 2 is 2.23 bits per heavy atom. The summed E-state index contributed by atoms with van der Waals surface area (Å²) in [6.07, 6.45) is 3.81. The van der Waals surface area contributed by atoms with Crippen LogP contribution in [-0.2, 0) is 6.42 Å². The number of halogens is 1. The first-order chi connectivity index (χ1) is 6.34. The molecule has 1 saturated carbocycles. The lowest BCUT2D eigenvalue weighted by Crippen LogP contribution is -2.31. The predicted octanol–water partition coefficient (Wildman–Crippen LogP) is 1.77. The van der Waals surface area contributed by atoms with Crippen LogP contribution in [0.4, 0.5) is 0 Å². The maximum absolute atomic E-state index is 4.49. The van der Waals surface area contributed by atoms with Crippen molar-refractivity contribution in [1.29, 1.82) is 0 Å². The van der Waals surface area contributed by atoms with Crippen LogP contribution in [0.5, 0.6) is 0 Å². The third-order valence-electron chi connectivity index (χ3n) is 2.91. The van der Waals surface area contributed by atoms with Crippen LogP contribution >= 0.6 is 15.9 Å². The summed E-state index contributed by atoms with van der Waals surface area (Å²) in [5, 5.41) is 3.55. The van der Waals surface area contributed by atoms with Gasteiger partial charge in [-0.1, -0.05) is 0 Å². The Bertz CT molecular complexity index is 330. The van der Waals surface area contributed by atoms with Crippen molar-refractivity contribution in [3.63, 3.8) is 0 Å². The molecule has 13 heavy (non-hydrogen) atoms. The van der Waals surface area contributed by atoms with Gasteiger partial charge in [0.2, 0.25) is 0 Å². The fourth-order valence-electron chi connectivity index (χ4n) is 2.11. The average molecular weight is 242 g/mol. The van der Waals surface area contributed by atoms with Gasteiger partial charge in [0, 0.05) is 18.7 Å². The largest absolute Gasteiger partial charge is 0.336 e. The molecule has 0 saturated heterocycles. The van der Waals surface area contributed by atoms with E-state index in [1.807, 2.05) is 0 Å². The highest BCUT2D eigenvalue weighted by molar-refractivity contribution is 9.10. The Morgan fingerprint density at radius 3 is 3.00 bits per heavy atom. The minimum absolute atomic E-state index is 0.520. The summed E-state index contributed by atoms with van der Waals surface area (Å²) in [4.78, 5) is 7.77.